The van der Waals surface area contributed by atoms with Gasteiger partial charge in [-0.2, -0.15) is 0 Å². The molecule has 0 unspecified atom stereocenters. The maximum atomic E-state index is 12.6. The predicted molar refractivity (Wildman–Crippen MR) is 113 cm³/mol. The second-order valence-electron chi connectivity index (χ2n) is 7.61. The molecule has 0 bridgehead atoms. The number of hydrogen-bond acceptors (Lipinski definition) is 3. The zero-order valence-electron chi connectivity index (χ0n) is 16.8. The Morgan fingerprint density at radius 1 is 1.00 bits per heavy atom. The largest absolute Gasteiger partial charge is 0.339 e. The van der Waals surface area contributed by atoms with Gasteiger partial charge in [-0.3, -0.25) is 9.10 Å². The summed E-state index contributed by atoms with van der Waals surface area (Å²) in [5.41, 5.74) is 4.12. The highest BCUT2D eigenvalue weighted by atomic mass is 32.2. The number of hydrogen-bond donors (Lipinski definition) is 0. The molecule has 6 heteroatoms. The van der Waals surface area contributed by atoms with Crippen LogP contribution < -0.4 is 4.31 Å². The highest BCUT2D eigenvalue weighted by Crippen LogP contribution is 2.26. The molecule has 0 N–H and O–H groups in total. The molecule has 150 valence electrons. The van der Waals surface area contributed by atoms with Crippen LogP contribution in [0.2, 0.25) is 0 Å². The van der Waals surface area contributed by atoms with Crippen LogP contribution in [0.25, 0.3) is 0 Å². The SMILES string of the molecule is Cc1ccc(C)c(N(Cc2ccc(C(=O)N3CCCCC3)cc2)S(C)(=O)=O)c1. The molecule has 1 aliphatic rings. The molecule has 0 radical (unpaired) electrons. The fraction of sp³-hybridized carbons (Fsp3) is 0.409. The predicted octanol–water partition coefficient (Wildman–Crippen LogP) is 3.90. The topological polar surface area (TPSA) is 57.7 Å². The number of piperidine rings is 1. The Kier molecular flexibility index (Phi) is 6.08. The van der Waals surface area contributed by atoms with Crippen molar-refractivity contribution in [3.05, 3.63) is 64.7 Å². The first-order valence-electron chi connectivity index (χ1n) is 9.69. The third kappa shape index (κ3) is 4.73. The Labute approximate surface area is 168 Å². The van der Waals surface area contributed by atoms with Gasteiger partial charge in [0.05, 0.1) is 18.5 Å². The second-order valence-corrected chi connectivity index (χ2v) is 9.52. The lowest BCUT2D eigenvalue weighted by molar-refractivity contribution is 0.0724. The van der Waals surface area contributed by atoms with E-state index in [4.69, 9.17) is 0 Å². The number of anilines is 1. The lowest BCUT2D eigenvalue weighted by Crippen LogP contribution is -2.35. The van der Waals surface area contributed by atoms with Gasteiger partial charge < -0.3 is 4.90 Å². The summed E-state index contributed by atoms with van der Waals surface area (Å²) in [4.78, 5) is 14.5. The number of benzene rings is 2. The normalized spacial score (nSPS) is 14.8. The van der Waals surface area contributed by atoms with Crippen LogP contribution in [0, 0.1) is 13.8 Å². The van der Waals surface area contributed by atoms with Crippen LogP contribution in [-0.2, 0) is 16.6 Å². The maximum absolute atomic E-state index is 12.6. The number of carbonyl (C=O) groups is 1. The zero-order valence-corrected chi connectivity index (χ0v) is 17.6. The van der Waals surface area contributed by atoms with Gasteiger partial charge in [-0.15, -0.1) is 0 Å². The minimum absolute atomic E-state index is 0.0562. The molecule has 1 aliphatic heterocycles. The second kappa shape index (κ2) is 8.35. The van der Waals surface area contributed by atoms with E-state index in [1.54, 1.807) is 12.1 Å². The van der Waals surface area contributed by atoms with E-state index in [-0.39, 0.29) is 12.5 Å². The molecular formula is C22H28N2O3S. The number of likely N-dealkylation sites (tertiary alicyclic amines) is 1. The average molecular weight is 401 g/mol. The lowest BCUT2D eigenvalue weighted by atomic mass is 10.1. The molecule has 2 aromatic rings. The van der Waals surface area contributed by atoms with E-state index in [0.29, 0.717) is 11.3 Å². The van der Waals surface area contributed by atoms with Gasteiger partial charge in [-0.05, 0) is 68.0 Å². The fourth-order valence-electron chi connectivity index (χ4n) is 3.57. The van der Waals surface area contributed by atoms with E-state index in [2.05, 4.69) is 0 Å². The third-order valence-corrected chi connectivity index (χ3v) is 6.33. The number of sulfonamides is 1. The Morgan fingerprint density at radius 2 is 1.64 bits per heavy atom. The maximum Gasteiger partial charge on any atom is 0.253 e. The van der Waals surface area contributed by atoms with Crippen LogP contribution in [0.15, 0.2) is 42.5 Å². The lowest BCUT2D eigenvalue weighted by Gasteiger charge is -2.27. The average Bonchev–Trinajstić information content (AvgIpc) is 2.68. The molecule has 1 amide bonds. The van der Waals surface area contributed by atoms with Crippen molar-refractivity contribution in [1.29, 1.82) is 0 Å². The molecule has 0 saturated carbocycles. The highest BCUT2D eigenvalue weighted by molar-refractivity contribution is 7.92. The first kappa shape index (κ1) is 20.4. The van der Waals surface area contributed by atoms with E-state index >= 15 is 0 Å². The summed E-state index contributed by atoms with van der Waals surface area (Å²) >= 11 is 0. The van der Waals surface area contributed by atoms with E-state index in [9.17, 15) is 13.2 Å². The standard InChI is InChI=1S/C22H28N2O3S/c1-17-7-8-18(2)21(15-17)24(28(3,26)27)16-19-9-11-20(12-10-19)22(25)23-13-5-4-6-14-23/h7-12,15H,4-6,13-14,16H2,1-3H3. The van der Waals surface area contributed by atoms with Crippen LogP contribution in [0.4, 0.5) is 5.69 Å². The number of rotatable bonds is 5. The van der Waals surface area contributed by atoms with Gasteiger partial charge in [0.1, 0.15) is 0 Å². The summed E-state index contributed by atoms with van der Waals surface area (Å²) in [6, 6.07) is 13.1. The van der Waals surface area contributed by atoms with Crippen molar-refractivity contribution < 1.29 is 13.2 Å². The van der Waals surface area contributed by atoms with Crippen LogP contribution in [-0.4, -0.2) is 38.6 Å². The van der Waals surface area contributed by atoms with Gasteiger partial charge in [-0.1, -0.05) is 24.3 Å². The van der Waals surface area contributed by atoms with E-state index < -0.39 is 10.0 Å². The summed E-state index contributed by atoms with van der Waals surface area (Å²) in [7, 11) is -3.44. The molecule has 28 heavy (non-hydrogen) atoms. The van der Waals surface area contributed by atoms with Crippen molar-refractivity contribution in [2.24, 2.45) is 0 Å². The van der Waals surface area contributed by atoms with Gasteiger partial charge in [0.25, 0.3) is 5.91 Å². The molecule has 0 aromatic heterocycles. The van der Waals surface area contributed by atoms with E-state index in [1.807, 2.05) is 49.1 Å². The quantitative estimate of drug-likeness (QED) is 0.765. The van der Waals surface area contributed by atoms with Crippen molar-refractivity contribution >= 4 is 21.6 Å². The van der Waals surface area contributed by atoms with Gasteiger partial charge >= 0.3 is 0 Å². The first-order chi connectivity index (χ1) is 13.3. The smallest absolute Gasteiger partial charge is 0.253 e. The van der Waals surface area contributed by atoms with Crippen LogP contribution in [0.3, 0.4) is 0 Å². The van der Waals surface area contributed by atoms with Gasteiger partial charge in [0, 0.05) is 18.7 Å². The van der Waals surface area contributed by atoms with Crippen LogP contribution in [0.1, 0.15) is 46.3 Å². The number of aryl methyl sites for hydroxylation is 2. The van der Waals surface area contributed by atoms with Crippen molar-refractivity contribution in [3.8, 4) is 0 Å². The van der Waals surface area contributed by atoms with Crippen LogP contribution >= 0.6 is 0 Å². The third-order valence-electron chi connectivity index (χ3n) is 5.20. The van der Waals surface area contributed by atoms with Crippen molar-refractivity contribution in [2.75, 3.05) is 23.7 Å². The fourth-order valence-corrected chi connectivity index (χ4v) is 4.50. The van der Waals surface area contributed by atoms with E-state index in [1.165, 1.54) is 17.0 Å². The number of nitrogens with zero attached hydrogens (tertiary/aromatic N) is 2. The zero-order chi connectivity index (χ0) is 20.3. The summed E-state index contributed by atoms with van der Waals surface area (Å²) in [5, 5.41) is 0. The molecule has 1 heterocycles. The molecular weight excluding hydrogens is 372 g/mol. The molecule has 0 atom stereocenters. The first-order valence-corrected chi connectivity index (χ1v) is 11.5. The van der Waals surface area contributed by atoms with Crippen molar-refractivity contribution in [3.63, 3.8) is 0 Å². The molecule has 0 spiro atoms. The highest BCUT2D eigenvalue weighted by Gasteiger charge is 2.21. The van der Waals surface area contributed by atoms with Crippen LogP contribution in [0.5, 0.6) is 0 Å². The van der Waals surface area contributed by atoms with Gasteiger partial charge in [0.2, 0.25) is 10.0 Å². The van der Waals surface area contributed by atoms with Gasteiger partial charge in [0.15, 0.2) is 0 Å². The molecule has 5 nitrogen and oxygen atoms in total. The molecule has 1 saturated heterocycles. The molecule has 3 rings (SSSR count). The van der Waals surface area contributed by atoms with E-state index in [0.717, 1.165) is 42.6 Å². The molecule has 2 aromatic carbocycles. The monoisotopic (exact) mass is 400 g/mol. The Morgan fingerprint density at radius 3 is 2.25 bits per heavy atom. The summed E-state index contributed by atoms with van der Waals surface area (Å²) in [5.74, 6) is 0.0562. The summed E-state index contributed by atoms with van der Waals surface area (Å²) in [6.07, 6.45) is 4.53. The van der Waals surface area contributed by atoms with Crippen molar-refractivity contribution in [1.82, 2.24) is 4.90 Å². The Hall–Kier alpha value is -2.34. The van der Waals surface area contributed by atoms with Crippen molar-refractivity contribution in [2.45, 2.75) is 39.7 Å². The Bertz CT molecular complexity index is 946. The minimum Gasteiger partial charge on any atom is -0.339 e. The summed E-state index contributed by atoms with van der Waals surface area (Å²) < 4.78 is 26.3. The molecule has 1 fully saturated rings. The Balaban J connectivity index is 1.82. The number of amides is 1. The summed E-state index contributed by atoms with van der Waals surface area (Å²) in [6.45, 7) is 5.73. The molecule has 0 aliphatic carbocycles. The van der Waals surface area contributed by atoms with Gasteiger partial charge in [-0.25, -0.2) is 8.42 Å². The number of carbonyl (C=O) groups excluding carboxylic acids is 1. The minimum atomic E-state index is -3.44.